The van der Waals surface area contributed by atoms with Crippen molar-refractivity contribution in [3.63, 3.8) is 0 Å². The number of nitrogens with one attached hydrogen (secondary N) is 2. The van der Waals surface area contributed by atoms with E-state index in [0.717, 1.165) is 0 Å². The van der Waals surface area contributed by atoms with Crippen molar-refractivity contribution in [3.05, 3.63) is 0 Å². The SMILES string of the molecule is CC(C)OC(=O)CNC(=O)C(CS)NC(=O)CCC(N)C(=O)O.OCCO. The van der Waals surface area contributed by atoms with Crippen molar-refractivity contribution >= 4 is 36.4 Å². The zero-order valence-corrected chi connectivity index (χ0v) is 16.3. The maximum Gasteiger partial charge on any atom is 0.325 e. The third-order valence-electron chi connectivity index (χ3n) is 2.71. The summed E-state index contributed by atoms with van der Waals surface area (Å²) in [7, 11) is 0. The van der Waals surface area contributed by atoms with E-state index >= 15 is 0 Å². The molecule has 2 unspecified atom stereocenters. The molecule has 0 heterocycles. The van der Waals surface area contributed by atoms with Crippen molar-refractivity contribution < 1.29 is 39.2 Å². The number of carboxylic acids is 1. The molecular formula is C15H29N3O8S. The number of thiol groups is 1. The number of carbonyl (C=O) groups is 4. The Morgan fingerprint density at radius 1 is 1.15 bits per heavy atom. The molecule has 0 bridgehead atoms. The summed E-state index contributed by atoms with van der Waals surface area (Å²) in [4.78, 5) is 45.4. The Morgan fingerprint density at radius 2 is 1.70 bits per heavy atom. The number of esters is 1. The molecule has 2 amide bonds. The lowest BCUT2D eigenvalue weighted by molar-refractivity contribution is -0.147. The molecule has 0 saturated heterocycles. The Labute approximate surface area is 163 Å². The second kappa shape index (κ2) is 16.3. The molecule has 0 rings (SSSR count). The van der Waals surface area contributed by atoms with Gasteiger partial charge in [-0.3, -0.25) is 19.2 Å². The Bertz CT molecular complexity index is 474. The van der Waals surface area contributed by atoms with Gasteiger partial charge in [0.25, 0.3) is 0 Å². The van der Waals surface area contributed by atoms with Crippen LogP contribution >= 0.6 is 12.6 Å². The lowest BCUT2D eigenvalue weighted by Crippen LogP contribution is -2.49. The second-order valence-electron chi connectivity index (χ2n) is 5.49. The first-order chi connectivity index (χ1) is 12.6. The van der Waals surface area contributed by atoms with Gasteiger partial charge in [-0.1, -0.05) is 0 Å². The Morgan fingerprint density at radius 3 is 2.11 bits per heavy atom. The van der Waals surface area contributed by atoms with Gasteiger partial charge in [-0.25, -0.2) is 0 Å². The van der Waals surface area contributed by atoms with E-state index in [4.69, 9.17) is 25.8 Å². The first kappa shape index (κ1) is 27.3. The first-order valence-electron chi connectivity index (χ1n) is 8.16. The minimum atomic E-state index is -1.20. The number of aliphatic carboxylic acids is 1. The smallest absolute Gasteiger partial charge is 0.325 e. The van der Waals surface area contributed by atoms with Gasteiger partial charge in [0.1, 0.15) is 18.6 Å². The molecular weight excluding hydrogens is 382 g/mol. The van der Waals surface area contributed by atoms with Crippen molar-refractivity contribution in [2.45, 2.75) is 44.9 Å². The number of rotatable bonds is 11. The summed E-state index contributed by atoms with van der Waals surface area (Å²) in [6.45, 7) is 2.79. The van der Waals surface area contributed by atoms with Crippen molar-refractivity contribution in [1.29, 1.82) is 0 Å². The summed E-state index contributed by atoms with van der Waals surface area (Å²) in [6, 6.07) is -2.09. The van der Waals surface area contributed by atoms with Crippen LogP contribution in [-0.2, 0) is 23.9 Å². The van der Waals surface area contributed by atoms with Gasteiger partial charge < -0.3 is 36.4 Å². The highest BCUT2D eigenvalue weighted by atomic mass is 32.1. The van der Waals surface area contributed by atoms with Crippen LogP contribution < -0.4 is 16.4 Å². The number of aliphatic hydroxyl groups excluding tert-OH is 2. The molecule has 158 valence electrons. The van der Waals surface area contributed by atoms with Crippen LogP contribution in [0.4, 0.5) is 0 Å². The quantitative estimate of drug-likeness (QED) is 0.144. The monoisotopic (exact) mass is 411 g/mol. The van der Waals surface area contributed by atoms with E-state index in [2.05, 4.69) is 23.3 Å². The number of nitrogens with two attached hydrogens (primary N) is 1. The van der Waals surface area contributed by atoms with Gasteiger partial charge in [0, 0.05) is 12.2 Å². The summed E-state index contributed by atoms with van der Waals surface area (Å²) in [5, 5.41) is 28.6. The van der Waals surface area contributed by atoms with Gasteiger partial charge in [0.05, 0.1) is 19.3 Å². The first-order valence-corrected chi connectivity index (χ1v) is 8.79. The van der Waals surface area contributed by atoms with Gasteiger partial charge in [0.2, 0.25) is 11.8 Å². The van der Waals surface area contributed by atoms with E-state index in [1.807, 2.05) is 0 Å². The summed E-state index contributed by atoms with van der Waals surface area (Å²) in [6.07, 6.45) is -0.485. The van der Waals surface area contributed by atoms with Crippen LogP contribution in [-0.4, -0.2) is 82.8 Å². The second-order valence-corrected chi connectivity index (χ2v) is 5.85. The number of ether oxygens (including phenoxy) is 1. The van der Waals surface area contributed by atoms with Crippen molar-refractivity contribution in [3.8, 4) is 0 Å². The Hall–Kier alpha value is -1.89. The highest BCUT2D eigenvalue weighted by Crippen LogP contribution is 1.97. The van der Waals surface area contributed by atoms with Crippen LogP contribution in [0, 0.1) is 0 Å². The van der Waals surface area contributed by atoms with E-state index in [0.29, 0.717) is 0 Å². The van der Waals surface area contributed by atoms with Crippen molar-refractivity contribution in [2.75, 3.05) is 25.5 Å². The van der Waals surface area contributed by atoms with E-state index in [1.54, 1.807) is 13.8 Å². The van der Waals surface area contributed by atoms with E-state index in [9.17, 15) is 19.2 Å². The summed E-state index contributed by atoms with van der Waals surface area (Å²) in [5.41, 5.74) is 5.28. The van der Waals surface area contributed by atoms with Crippen LogP contribution in [0.25, 0.3) is 0 Å². The van der Waals surface area contributed by atoms with E-state index in [-0.39, 0.29) is 44.5 Å². The highest BCUT2D eigenvalue weighted by Gasteiger charge is 2.21. The number of hydrogen-bond donors (Lipinski definition) is 7. The lowest BCUT2D eigenvalue weighted by atomic mass is 10.1. The summed E-state index contributed by atoms with van der Waals surface area (Å²) in [5.74, 6) is -2.89. The molecule has 11 nitrogen and oxygen atoms in total. The zero-order chi connectivity index (χ0) is 21.4. The molecule has 0 spiro atoms. The van der Waals surface area contributed by atoms with Crippen molar-refractivity contribution in [2.24, 2.45) is 5.73 Å². The van der Waals surface area contributed by atoms with Crippen LogP contribution in [0.1, 0.15) is 26.7 Å². The molecule has 0 aromatic carbocycles. The molecule has 27 heavy (non-hydrogen) atoms. The van der Waals surface area contributed by atoms with Gasteiger partial charge in [-0.05, 0) is 20.3 Å². The molecule has 0 aliphatic carbocycles. The number of aliphatic hydroxyl groups is 2. The molecule has 0 saturated carbocycles. The van der Waals surface area contributed by atoms with Crippen LogP contribution in [0.3, 0.4) is 0 Å². The molecule has 0 radical (unpaired) electrons. The topological polar surface area (TPSA) is 188 Å². The Balaban J connectivity index is 0. The van der Waals surface area contributed by atoms with Crippen LogP contribution in [0.2, 0.25) is 0 Å². The number of amides is 2. The average molecular weight is 411 g/mol. The predicted molar refractivity (Wildman–Crippen MR) is 99.0 cm³/mol. The third-order valence-corrected chi connectivity index (χ3v) is 3.07. The molecule has 7 N–H and O–H groups in total. The number of carbonyl (C=O) groups excluding carboxylic acids is 3. The van der Waals surface area contributed by atoms with E-state index in [1.165, 1.54) is 0 Å². The fraction of sp³-hybridized carbons (Fsp3) is 0.733. The minimum Gasteiger partial charge on any atom is -0.480 e. The fourth-order valence-corrected chi connectivity index (χ4v) is 1.71. The predicted octanol–water partition coefficient (Wildman–Crippen LogP) is -2.37. The minimum absolute atomic E-state index is 0.0157. The number of hydrogen-bond acceptors (Lipinski definition) is 9. The molecule has 0 aromatic rings. The molecule has 0 aliphatic rings. The van der Waals surface area contributed by atoms with E-state index < -0.39 is 35.8 Å². The molecule has 2 atom stereocenters. The fourth-order valence-electron chi connectivity index (χ4n) is 1.46. The molecule has 0 aromatic heterocycles. The Kier molecular flexibility index (Phi) is 16.5. The maximum absolute atomic E-state index is 11.8. The van der Waals surface area contributed by atoms with Gasteiger partial charge in [-0.15, -0.1) is 0 Å². The number of carboxylic acid groups (broad SMARTS) is 1. The highest BCUT2D eigenvalue weighted by molar-refractivity contribution is 7.80. The van der Waals surface area contributed by atoms with Gasteiger partial charge >= 0.3 is 11.9 Å². The standard InChI is InChI=1S/C13H23N3O6S.C2H6O2/c1-7(2)22-11(18)5-15-12(19)9(6-23)16-10(17)4-3-8(14)13(20)21;3-1-2-4/h7-9,23H,3-6,14H2,1-2H3,(H,15,19)(H,16,17)(H,20,21);3-4H,1-2H2. The maximum atomic E-state index is 11.8. The zero-order valence-electron chi connectivity index (χ0n) is 15.4. The van der Waals surface area contributed by atoms with Crippen molar-refractivity contribution in [1.82, 2.24) is 10.6 Å². The van der Waals surface area contributed by atoms with Crippen LogP contribution in [0.15, 0.2) is 0 Å². The third kappa shape index (κ3) is 16.0. The summed E-state index contributed by atoms with van der Waals surface area (Å²) < 4.78 is 4.85. The molecule has 0 fully saturated rings. The summed E-state index contributed by atoms with van der Waals surface area (Å²) >= 11 is 3.96. The van der Waals surface area contributed by atoms with Crippen LogP contribution in [0.5, 0.6) is 0 Å². The van der Waals surface area contributed by atoms with Gasteiger partial charge in [-0.2, -0.15) is 12.6 Å². The molecule has 12 heteroatoms. The largest absolute Gasteiger partial charge is 0.480 e. The van der Waals surface area contributed by atoms with Gasteiger partial charge in [0.15, 0.2) is 0 Å². The average Bonchev–Trinajstić information content (AvgIpc) is 2.61. The molecule has 0 aliphatic heterocycles. The lowest BCUT2D eigenvalue weighted by Gasteiger charge is -2.17. The normalized spacial score (nSPS) is 12.3.